The zero-order valence-corrected chi connectivity index (χ0v) is 21.9. The average molecular weight is 529 g/mol. The van der Waals surface area contributed by atoms with Gasteiger partial charge in [-0.3, -0.25) is 9.59 Å². The van der Waals surface area contributed by atoms with Crippen LogP contribution in [0.25, 0.3) is 0 Å². The number of amides is 2. The van der Waals surface area contributed by atoms with Crippen molar-refractivity contribution in [1.29, 1.82) is 5.26 Å². The summed E-state index contributed by atoms with van der Waals surface area (Å²) in [5, 5.41) is 20.3. The van der Waals surface area contributed by atoms with Crippen LogP contribution in [0.2, 0.25) is 5.02 Å². The number of hydrogen-bond donors (Lipinski definition) is 3. The van der Waals surface area contributed by atoms with Crippen molar-refractivity contribution < 1.29 is 9.59 Å². The van der Waals surface area contributed by atoms with Gasteiger partial charge in [0.1, 0.15) is 0 Å². The van der Waals surface area contributed by atoms with Crippen molar-refractivity contribution >= 4 is 46.6 Å². The molecule has 0 spiro atoms. The summed E-state index contributed by atoms with van der Waals surface area (Å²) >= 11 is 7.39. The van der Waals surface area contributed by atoms with E-state index in [1.165, 1.54) is 11.8 Å². The molecule has 0 aromatic heterocycles. The van der Waals surface area contributed by atoms with Gasteiger partial charge in [-0.15, -0.1) is 0 Å². The Balaban J connectivity index is 1.59. The number of carbonyl (C=O) groups is 2. The summed E-state index contributed by atoms with van der Waals surface area (Å²) in [4.78, 5) is 26.1. The number of halogens is 1. The minimum absolute atomic E-state index is 0.0688. The molecule has 8 heteroatoms. The lowest BCUT2D eigenvalue weighted by Crippen LogP contribution is -2.31. The van der Waals surface area contributed by atoms with Crippen LogP contribution < -0.4 is 16.0 Å². The minimum Gasteiger partial charge on any atom is -0.353 e. The average Bonchev–Trinajstić information content (AvgIpc) is 2.90. The van der Waals surface area contributed by atoms with Crippen LogP contribution in [-0.2, 0) is 9.59 Å². The number of nitrogens with one attached hydrogen (secondary N) is 3. The SMILES string of the molecule is CC1=C(C(=O)Nc2ccccc2)[C@@H](c2ccccc2)C(C#N)=C(SCC(=O)Nc2ccc(C)c(Cl)c2)N1. The lowest BCUT2D eigenvalue weighted by atomic mass is 9.82. The molecule has 0 radical (unpaired) electrons. The Morgan fingerprint density at radius 1 is 0.973 bits per heavy atom. The van der Waals surface area contributed by atoms with Crippen molar-refractivity contribution in [1.82, 2.24) is 5.32 Å². The molecule has 4 rings (SSSR count). The molecule has 6 nitrogen and oxygen atoms in total. The zero-order chi connectivity index (χ0) is 26.4. The van der Waals surface area contributed by atoms with Crippen LogP contribution in [0.1, 0.15) is 24.0 Å². The van der Waals surface area contributed by atoms with Crippen molar-refractivity contribution in [3.63, 3.8) is 0 Å². The standard InChI is InChI=1S/C29H25ClN4O2S/c1-18-13-14-22(15-24(18)30)33-25(35)17-37-29-23(16-31)27(20-9-5-3-6-10-20)26(19(2)32-29)28(36)34-21-11-7-4-8-12-21/h3-15,27,32H,17H2,1-2H3,(H,33,35)(H,34,36)/t27-/m0/s1. The predicted octanol–water partition coefficient (Wildman–Crippen LogP) is 6.36. The number of aryl methyl sites for hydroxylation is 1. The lowest BCUT2D eigenvalue weighted by Gasteiger charge is -2.29. The number of rotatable bonds is 7. The summed E-state index contributed by atoms with van der Waals surface area (Å²) in [6, 6.07) is 26.2. The van der Waals surface area contributed by atoms with E-state index in [1.54, 1.807) is 19.1 Å². The third-order valence-electron chi connectivity index (χ3n) is 5.86. The number of benzene rings is 3. The second-order valence-corrected chi connectivity index (χ2v) is 9.88. The Hall–Kier alpha value is -3.99. The molecule has 0 aliphatic carbocycles. The van der Waals surface area contributed by atoms with Crippen molar-refractivity contribution in [2.45, 2.75) is 19.8 Å². The van der Waals surface area contributed by atoms with Gasteiger partial charge in [-0.1, -0.05) is 78.0 Å². The van der Waals surface area contributed by atoms with E-state index in [0.29, 0.717) is 38.3 Å². The van der Waals surface area contributed by atoms with E-state index in [1.807, 2.05) is 73.7 Å². The van der Waals surface area contributed by atoms with Crippen molar-refractivity contribution in [2.24, 2.45) is 0 Å². The number of nitriles is 1. The maximum Gasteiger partial charge on any atom is 0.254 e. The van der Waals surface area contributed by atoms with E-state index in [0.717, 1.165) is 11.1 Å². The summed E-state index contributed by atoms with van der Waals surface area (Å²) in [5.41, 5.74) is 4.46. The minimum atomic E-state index is -0.586. The van der Waals surface area contributed by atoms with E-state index >= 15 is 0 Å². The Labute approximate surface area is 225 Å². The highest BCUT2D eigenvalue weighted by Gasteiger charge is 2.34. The van der Waals surface area contributed by atoms with Gasteiger partial charge in [0.2, 0.25) is 5.91 Å². The highest BCUT2D eigenvalue weighted by Crippen LogP contribution is 2.41. The predicted molar refractivity (Wildman–Crippen MR) is 150 cm³/mol. The molecule has 3 aromatic rings. The van der Waals surface area contributed by atoms with E-state index in [-0.39, 0.29) is 17.6 Å². The van der Waals surface area contributed by atoms with E-state index < -0.39 is 5.92 Å². The quantitative estimate of drug-likeness (QED) is 0.332. The fourth-order valence-corrected chi connectivity index (χ4v) is 5.10. The number of hydrogen-bond acceptors (Lipinski definition) is 5. The van der Waals surface area contributed by atoms with Gasteiger partial charge in [0.05, 0.1) is 28.3 Å². The Kier molecular flexibility index (Phi) is 8.34. The summed E-state index contributed by atoms with van der Waals surface area (Å²) in [6.07, 6.45) is 0. The highest BCUT2D eigenvalue weighted by atomic mass is 35.5. The topological polar surface area (TPSA) is 94.0 Å². The van der Waals surface area contributed by atoms with Crippen LogP contribution in [0, 0.1) is 18.3 Å². The van der Waals surface area contributed by atoms with E-state index in [9.17, 15) is 14.9 Å². The summed E-state index contributed by atoms with van der Waals surface area (Å²) in [7, 11) is 0. The van der Waals surface area contributed by atoms with Gasteiger partial charge < -0.3 is 16.0 Å². The molecule has 0 unspecified atom stereocenters. The Morgan fingerprint density at radius 3 is 2.30 bits per heavy atom. The molecule has 0 saturated heterocycles. The number of nitrogens with zero attached hydrogens (tertiary/aromatic N) is 1. The molecule has 0 bridgehead atoms. The molecular weight excluding hydrogens is 504 g/mol. The molecule has 1 aliphatic rings. The van der Waals surface area contributed by atoms with Crippen LogP contribution in [0.15, 0.2) is 101 Å². The van der Waals surface area contributed by atoms with Gasteiger partial charge in [0.25, 0.3) is 5.91 Å². The second kappa shape index (κ2) is 11.8. The van der Waals surface area contributed by atoms with Crippen molar-refractivity contribution in [2.75, 3.05) is 16.4 Å². The van der Waals surface area contributed by atoms with Gasteiger partial charge in [0.15, 0.2) is 0 Å². The van der Waals surface area contributed by atoms with Gasteiger partial charge >= 0.3 is 0 Å². The summed E-state index contributed by atoms with van der Waals surface area (Å²) < 4.78 is 0. The summed E-state index contributed by atoms with van der Waals surface area (Å²) in [6.45, 7) is 3.70. The van der Waals surface area contributed by atoms with Gasteiger partial charge in [0, 0.05) is 27.7 Å². The molecule has 1 aliphatic heterocycles. The maximum absolute atomic E-state index is 13.4. The van der Waals surface area contributed by atoms with Gasteiger partial charge in [-0.2, -0.15) is 5.26 Å². The van der Waals surface area contributed by atoms with Crippen molar-refractivity contribution in [3.8, 4) is 6.07 Å². The van der Waals surface area contributed by atoms with E-state index in [4.69, 9.17) is 11.6 Å². The van der Waals surface area contributed by atoms with Crippen LogP contribution in [0.4, 0.5) is 11.4 Å². The van der Waals surface area contributed by atoms with Crippen LogP contribution >= 0.6 is 23.4 Å². The first-order valence-corrected chi connectivity index (χ1v) is 13.0. The molecule has 3 N–H and O–H groups in total. The number of para-hydroxylation sites is 1. The molecule has 1 atom stereocenters. The lowest BCUT2D eigenvalue weighted by molar-refractivity contribution is -0.114. The maximum atomic E-state index is 13.4. The summed E-state index contributed by atoms with van der Waals surface area (Å²) in [5.74, 6) is -1.05. The first-order chi connectivity index (χ1) is 17.9. The van der Waals surface area contributed by atoms with Crippen LogP contribution in [-0.4, -0.2) is 17.6 Å². The first kappa shape index (κ1) is 26.1. The molecule has 3 aromatic carbocycles. The van der Waals surface area contributed by atoms with Crippen molar-refractivity contribution in [3.05, 3.63) is 117 Å². The number of thioether (sulfide) groups is 1. The largest absolute Gasteiger partial charge is 0.353 e. The Bertz CT molecular complexity index is 1430. The fraction of sp³-hybridized carbons (Fsp3) is 0.138. The molecule has 37 heavy (non-hydrogen) atoms. The van der Waals surface area contributed by atoms with Crippen LogP contribution in [0.3, 0.4) is 0 Å². The molecule has 1 heterocycles. The molecule has 2 amide bonds. The van der Waals surface area contributed by atoms with E-state index in [2.05, 4.69) is 22.0 Å². The Morgan fingerprint density at radius 2 is 1.65 bits per heavy atom. The van der Waals surface area contributed by atoms with Gasteiger partial charge in [-0.05, 0) is 49.2 Å². The molecule has 186 valence electrons. The zero-order valence-electron chi connectivity index (χ0n) is 20.3. The third-order valence-corrected chi connectivity index (χ3v) is 7.28. The third kappa shape index (κ3) is 6.23. The number of anilines is 2. The fourth-order valence-electron chi connectivity index (χ4n) is 4.03. The molecule has 0 fully saturated rings. The first-order valence-electron chi connectivity index (χ1n) is 11.6. The normalized spacial score (nSPS) is 15.0. The van der Waals surface area contributed by atoms with Crippen LogP contribution in [0.5, 0.6) is 0 Å². The molecule has 0 saturated carbocycles. The number of dihydropyridines is 1. The second-order valence-electron chi connectivity index (χ2n) is 8.48. The number of carbonyl (C=O) groups excluding carboxylic acids is 2. The molecular formula is C29H25ClN4O2S. The number of allylic oxidation sites excluding steroid dienone is 2. The monoisotopic (exact) mass is 528 g/mol. The smallest absolute Gasteiger partial charge is 0.254 e. The van der Waals surface area contributed by atoms with Gasteiger partial charge in [-0.25, -0.2) is 0 Å². The highest BCUT2D eigenvalue weighted by molar-refractivity contribution is 8.03.